The van der Waals surface area contributed by atoms with E-state index in [4.69, 9.17) is 0 Å². The molecule has 0 spiro atoms. The number of rotatable bonds is 2. The summed E-state index contributed by atoms with van der Waals surface area (Å²) in [7, 11) is 0. The predicted octanol–water partition coefficient (Wildman–Crippen LogP) is 2.83. The van der Waals surface area contributed by atoms with Crippen LogP contribution in [-0.2, 0) is 0 Å². The minimum atomic E-state index is 0.358. The number of hydrogen-bond acceptors (Lipinski definition) is 2. The van der Waals surface area contributed by atoms with Crippen LogP contribution >= 0.6 is 0 Å². The van der Waals surface area contributed by atoms with E-state index in [0.717, 1.165) is 11.4 Å². The third-order valence-electron chi connectivity index (χ3n) is 2.35. The first kappa shape index (κ1) is 9.90. The van der Waals surface area contributed by atoms with E-state index in [9.17, 15) is 0 Å². The molecule has 2 rings (SSSR count). The van der Waals surface area contributed by atoms with Gasteiger partial charge in [-0.1, -0.05) is 29.8 Å². The van der Waals surface area contributed by atoms with E-state index in [1.54, 1.807) is 6.33 Å². The summed E-state index contributed by atoms with van der Waals surface area (Å²) in [5.41, 5.74) is 2.32. The molecule has 3 heteroatoms. The molecule has 3 nitrogen and oxygen atoms in total. The number of aromatic nitrogens is 3. The van der Waals surface area contributed by atoms with Gasteiger partial charge in [0, 0.05) is 11.6 Å². The van der Waals surface area contributed by atoms with Crippen molar-refractivity contribution in [3.05, 3.63) is 36.2 Å². The highest BCUT2D eigenvalue weighted by Crippen LogP contribution is 2.15. The van der Waals surface area contributed by atoms with Crippen LogP contribution in [0.25, 0.3) is 11.4 Å². The molecule has 0 atom stereocenters. The van der Waals surface area contributed by atoms with Crippen LogP contribution in [0, 0.1) is 6.92 Å². The van der Waals surface area contributed by atoms with Crippen LogP contribution in [-0.4, -0.2) is 14.8 Å². The van der Waals surface area contributed by atoms with E-state index in [-0.39, 0.29) is 0 Å². The maximum Gasteiger partial charge on any atom is 0.181 e. The molecule has 1 heterocycles. The summed E-state index contributed by atoms with van der Waals surface area (Å²) in [5, 5.41) is 4.42. The molecule has 0 unspecified atom stereocenters. The Morgan fingerprint density at radius 1 is 1.13 bits per heavy atom. The molecular formula is C12H15N3. The Kier molecular flexibility index (Phi) is 2.54. The van der Waals surface area contributed by atoms with Crippen LogP contribution in [0.2, 0.25) is 0 Å². The van der Waals surface area contributed by atoms with Crippen molar-refractivity contribution in [2.24, 2.45) is 0 Å². The van der Waals surface area contributed by atoms with Gasteiger partial charge in [0.15, 0.2) is 5.82 Å². The number of nitrogens with zero attached hydrogens (tertiary/aromatic N) is 3. The molecule has 0 saturated heterocycles. The zero-order valence-corrected chi connectivity index (χ0v) is 9.31. The predicted molar refractivity (Wildman–Crippen MR) is 60.6 cm³/mol. The largest absolute Gasteiger partial charge is 0.250 e. The molecule has 0 amide bonds. The van der Waals surface area contributed by atoms with Gasteiger partial charge in [-0.05, 0) is 20.8 Å². The van der Waals surface area contributed by atoms with Gasteiger partial charge in [0.05, 0.1) is 0 Å². The van der Waals surface area contributed by atoms with E-state index in [1.165, 1.54) is 5.56 Å². The number of benzene rings is 1. The second-order valence-corrected chi connectivity index (χ2v) is 4.01. The summed E-state index contributed by atoms with van der Waals surface area (Å²) in [4.78, 5) is 4.29. The summed E-state index contributed by atoms with van der Waals surface area (Å²) in [6.45, 7) is 6.26. The molecule has 1 aromatic carbocycles. The van der Waals surface area contributed by atoms with Gasteiger partial charge in [0.25, 0.3) is 0 Å². The Bertz CT molecular complexity index is 440. The fourth-order valence-corrected chi connectivity index (χ4v) is 1.36. The van der Waals surface area contributed by atoms with E-state index >= 15 is 0 Å². The molecule has 0 aliphatic carbocycles. The van der Waals surface area contributed by atoms with Gasteiger partial charge < -0.3 is 0 Å². The molecule has 0 saturated carbocycles. The maximum atomic E-state index is 4.42. The van der Waals surface area contributed by atoms with Crippen molar-refractivity contribution in [1.82, 2.24) is 14.8 Å². The van der Waals surface area contributed by atoms with Crippen LogP contribution in [0.15, 0.2) is 30.6 Å². The summed E-state index contributed by atoms with van der Waals surface area (Å²) in [5.74, 6) is 0.795. The fraction of sp³-hybridized carbons (Fsp3) is 0.333. The van der Waals surface area contributed by atoms with Crippen molar-refractivity contribution in [2.75, 3.05) is 0 Å². The summed E-state index contributed by atoms with van der Waals surface area (Å²) < 4.78 is 1.87. The third-order valence-corrected chi connectivity index (χ3v) is 2.35. The van der Waals surface area contributed by atoms with Crippen molar-refractivity contribution in [3.8, 4) is 11.4 Å². The lowest BCUT2D eigenvalue weighted by molar-refractivity contribution is 0.532. The third kappa shape index (κ3) is 2.06. The van der Waals surface area contributed by atoms with E-state index < -0.39 is 0 Å². The first-order valence-corrected chi connectivity index (χ1v) is 5.15. The monoisotopic (exact) mass is 201 g/mol. The molecule has 0 aliphatic rings. The van der Waals surface area contributed by atoms with Crippen LogP contribution in [0.1, 0.15) is 25.5 Å². The Balaban J connectivity index is 2.33. The highest BCUT2D eigenvalue weighted by atomic mass is 15.3. The standard InChI is InChI=1S/C12H15N3/c1-9(2)15-8-13-12(14-15)11-6-4-10(3)5-7-11/h4-9H,1-3H3. The molecule has 78 valence electrons. The topological polar surface area (TPSA) is 30.7 Å². The lowest BCUT2D eigenvalue weighted by Gasteiger charge is -2.02. The van der Waals surface area contributed by atoms with Crippen molar-refractivity contribution >= 4 is 0 Å². The summed E-state index contributed by atoms with van der Waals surface area (Å²) >= 11 is 0. The van der Waals surface area contributed by atoms with Crippen molar-refractivity contribution in [1.29, 1.82) is 0 Å². The summed E-state index contributed by atoms with van der Waals surface area (Å²) in [6, 6.07) is 8.61. The minimum Gasteiger partial charge on any atom is -0.250 e. The van der Waals surface area contributed by atoms with E-state index in [0.29, 0.717) is 6.04 Å². The Morgan fingerprint density at radius 3 is 2.33 bits per heavy atom. The van der Waals surface area contributed by atoms with Crippen LogP contribution in [0.3, 0.4) is 0 Å². The average Bonchev–Trinajstić information content (AvgIpc) is 2.68. The maximum absolute atomic E-state index is 4.42. The molecule has 2 aromatic rings. The van der Waals surface area contributed by atoms with Gasteiger partial charge in [-0.25, -0.2) is 9.67 Å². The number of aryl methyl sites for hydroxylation is 1. The van der Waals surface area contributed by atoms with Crippen molar-refractivity contribution in [2.45, 2.75) is 26.8 Å². The molecule has 0 fully saturated rings. The molecular weight excluding hydrogens is 186 g/mol. The Labute approximate surface area is 89.8 Å². The van der Waals surface area contributed by atoms with Crippen molar-refractivity contribution in [3.63, 3.8) is 0 Å². The molecule has 1 aromatic heterocycles. The minimum absolute atomic E-state index is 0.358. The molecule has 0 radical (unpaired) electrons. The quantitative estimate of drug-likeness (QED) is 0.748. The highest BCUT2D eigenvalue weighted by Gasteiger charge is 2.05. The van der Waals surface area contributed by atoms with Gasteiger partial charge >= 0.3 is 0 Å². The van der Waals surface area contributed by atoms with Crippen LogP contribution in [0.4, 0.5) is 0 Å². The molecule has 0 aliphatic heterocycles. The second kappa shape index (κ2) is 3.85. The normalized spacial score (nSPS) is 10.9. The SMILES string of the molecule is Cc1ccc(-c2ncn(C(C)C)n2)cc1. The highest BCUT2D eigenvalue weighted by molar-refractivity contribution is 5.54. The molecule has 0 bridgehead atoms. The lowest BCUT2D eigenvalue weighted by atomic mass is 10.1. The van der Waals surface area contributed by atoms with E-state index in [2.05, 4.69) is 55.1 Å². The smallest absolute Gasteiger partial charge is 0.181 e. The van der Waals surface area contributed by atoms with Gasteiger partial charge in [-0.3, -0.25) is 0 Å². The Hall–Kier alpha value is -1.64. The number of hydrogen-bond donors (Lipinski definition) is 0. The Morgan fingerprint density at radius 2 is 1.80 bits per heavy atom. The van der Waals surface area contributed by atoms with Gasteiger partial charge in [0.1, 0.15) is 6.33 Å². The molecule has 15 heavy (non-hydrogen) atoms. The average molecular weight is 201 g/mol. The van der Waals surface area contributed by atoms with Crippen molar-refractivity contribution < 1.29 is 0 Å². The van der Waals surface area contributed by atoms with E-state index in [1.807, 2.05) is 4.68 Å². The van der Waals surface area contributed by atoms with Gasteiger partial charge in [-0.2, -0.15) is 5.10 Å². The second-order valence-electron chi connectivity index (χ2n) is 4.01. The molecule has 0 N–H and O–H groups in total. The fourth-order valence-electron chi connectivity index (χ4n) is 1.36. The van der Waals surface area contributed by atoms with Gasteiger partial charge in [-0.15, -0.1) is 0 Å². The first-order valence-electron chi connectivity index (χ1n) is 5.15. The summed E-state index contributed by atoms with van der Waals surface area (Å²) in [6.07, 6.45) is 1.78. The first-order chi connectivity index (χ1) is 7.16. The zero-order valence-electron chi connectivity index (χ0n) is 9.31. The van der Waals surface area contributed by atoms with Crippen LogP contribution in [0.5, 0.6) is 0 Å². The lowest BCUT2D eigenvalue weighted by Crippen LogP contribution is -2.00. The zero-order chi connectivity index (χ0) is 10.8. The van der Waals surface area contributed by atoms with Gasteiger partial charge in [0.2, 0.25) is 0 Å². The van der Waals surface area contributed by atoms with Crippen LogP contribution < -0.4 is 0 Å².